The van der Waals surface area contributed by atoms with Crippen LogP contribution in [-0.2, 0) is 4.79 Å². The Kier molecular flexibility index (Phi) is 5.89. The highest BCUT2D eigenvalue weighted by Crippen LogP contribution is 2.28. The number of hydrogen-bond donors (Lipinski definition) is 1. The van der Waals surface area contributed by atoms with Crippen LogP contribution < -0.4 is 19.9 Å². The van der Waals surface area contributed by atoms with Crippen LogP contribution in [0.4, 0.5) is 0 Å². The molecule has 0 radical (unpaired) electrons. The molecule has 0 bridgehead atoms. The zero-order valence-electron chi connectivity index (χ0n) is 12.5. The Hall–Kier alpha value is -2.44. The van der Waals surface area contributed by atoms with E-state index in [9.17, 15) is 9.59 Å². The molecule has 2 N–H and O–H groups in total. The van der Waals surface area contributed by atoms with E-state index in [0.717, 1.165) is 0 Å². The molecule has 0 atom stereocenters. The lowest BCUT2D eigenvalue weighted by molar-refractivity contribution is -0.136. The van der Waals surface area contributed by atoms with Gasteiger partial charge in [0.05, 0.1) is 17.7 Å². The van der Waals surface area contributed by atoms with Gasteiger partial charge >= 0.3 is 5.97 Å². The lowest BCUT2D eigenvalue weighted by Crippen LogP contribution is -2.20. The summed E-state index contributed by atoms with van der Waals surface area (Å²) in [6, 6.07) is 8.89. The molecule has 0 saturated carbocycles. The molecule has 0 spiro atoms. The molecule has 0 unspecified atom stereocenters. The van der Waals surface area contributed by atoms with Crippen molar-refractivity contribution in [2.45, 2.75) is 0 Å². The molecule has 8 heteroatoms. The third-order valence-corrected chi connectivity index (χ3v) is 3.45. The number of carbonyl (C=O) groups excluding carboxylic acids is 2. The van der Waals surface area contributed by atoms with Gasteiger partial charge in [-0.25, -0.2) is 4.79 Å². The molecule has 6 nitrogen and oxygen atoms in total. The third-order valence-electron chi connectivity index (χ3n) is 2.92. The highest BCUT2D eigenvalue weighted by atomic mass is 35.5. The van der Waals surface area contributed by atoms with Crippen molar-refractivity contribution < 1.29 is 23.8 Å². The van der Waals surface area contributed by atoms with Gasteiger partial charge in [-0.15, -0.1) is 0 Å². The van der Waals surface area contributed by atoms with Crippen LogP contribution in [0.2, 0.25) is 10.0 Å². The highest BCUT2D eigenvalue weighted by molar-refractivity contribution is 6.35. The van der Waals surface area contributed by atoms with Crippen molar-refractivity contribution in [2.24, 2.45) is 5.73 Å². The van der Waals surface area contributed by atoms with Crippen LogP contribution in [-0.4, -0.2) is 25.6 Å². The fourth-order valence-electron chi connectivity index (χ4n) is 1.80. The molecule has 2 aromatic rings. The van der Waals surface area contributed by atoms with Gasteiger partial charge in [0, 0.05) is 11.1 Å². The second-order valence-electron chi connectivity index (χ2n) is 4.56. The number of amides is 1. The van der Waals surface area contributed by atoms with Crippen molar-refractivity contribution in [3.05, 3.63) is 52.0 Å². The molecule has 0 aliphatic rings. The zero-order valence-corrected chi connectivity index (χ0v) is 14.1. The van der Waals surface area contributed by atoms with Crippen LogP contribution in [0.3, 0.4) is 0 Å². The first kappa shape index (κ1) is 17.9. The summed E-state index contributed by atoms with van der Waals surface area (Å²) in [5.74, 6) is -0.806. The average molecular weight is 370 g/mol. The summed E-state index contributed by atoms with van der Waals surface area (Å²) in [5.41, 5.74) is 5.30. The van der Waals surface area contributed by atoms with Crippen LogP contribution >= 0.6 is 23.2 Å². The van der Waals surface area contributed by atoms with Crippen molar-refractivity contribution in [1.29, 1.82) is 0 Å². The lowest BCUT2D eigenvalue weighted by Gasteiger charge is -2.11. The van der Waals surface area contributed by atoms with Crippen molar-refractivity contribution in [1.82, 2.24) is 0 Å². The van der Waals surface area contributed by atoms with Crippen molar-refractivity contribution in [3.8, 4) is 17.2 Å². The fraction of sp³-hybridized carbons (Fsp3) is 0.125. The number of halogens is 2. The number of benzene rings is 2. The predicted molar refractivity (Wildman–Crippen MR) is 89.1 cm³/mol. The molecule has 0 fully saturated rings. The quantitative estimate of drug-likeness (QED) is 0.624. The summed E-state index contributed by atoms with van der Waals surface area (Å²) >= 11 is 11.7. The predicted octanol–water partition coefficient (Wildman–Crippen LogP) is 3.09. The Morgan fingerprint density at radius 3 is 2.46 bits per heavy atom. The van der Waals surface area contributed by atoms with E-state index in [-0.39, 0.29) is 22.1 Å². The Labute approximate surface area is 148 Å². The Bertz CT molecular complexity index is 779. The zero-order chi connectivity index (χ0) is 17.7. The number of hydrogen-bond acceptors (Lipinski definition) is 5. The summed E-state index contributed by atoms with van der Waals surface area (Å²) < 4.78 is 15.4. The summed E-state index contributed by atoms with van der Waals surface area (Å²) in [5, 5.41) is 0.701. The molecule has 0 heterocycles. The Balaban J connectivity index is 2.08. The molecular formula is C16H13Cl2NO5. The molecular weight excluding hydrogens is 357 g/mol. The standard InChI is InChI=1S/C16H13Cl2NO5/c1-22-10-3-4-11(16(19)21)14(7-10)24-15(20)8-23-13-5-2-9(17)6-12(13)18/h2-7H,8H2,1H3,(H2,19,21). The van der Waals surface area contributed by atoms with E-state index < -0.39 is 18.5 Å². The van der Waals surface area contributed by atoms with Gasteiger partial charge in [0.2, 0.25) is 0 Å². The van der Waals surface area contributed by atoms with E-state index in [1.54, 1.807) is 6.07 Å². The number of rotatable bonds is 6. The van der Waals surface area contributed by atoms with Crippen LogP contribution in [0.15, 0.2) is 36.4 Å². The number of ether oxygens (including phenoxy) is 3. The van der Waals surface area contributed by atoms with E-state index in [2.05, 4.69) is 0 Å². The van der Waals surface area contributed by atoms with Gasteiger partial charge in [0.25, 0.3) is 5.91 Å². The molecule has 126 valence electrons. The van der Waals surface area contributed by atoms with Gasteiger partial charge in [-0.3, -0.25) is 4.79 Å². The lowest BCUT2D eigenvalue weighted by atomic mass is 10.2. The van der Waals surface area contributed by atoms with E-state index in [0.29, 0.717) is 10.8 Å². The van der Waals surface area contributed by atoms with Crippen LogP contribution in [0.5, 0.6) is 17.2 Å². The molecule has 24 heavy (non-hydrogen) atoms. The van der Waals surface area contributed by atoms with E-state index in [1.165, 1.54) is 37.4 Å². The summed E-state index contributed by atoms with van der Waals surface area (Å²) in [4.78, 5) is 23.3. The van der Waals surface area contributed by atoms with Crippen molar-refractivity contribution >= 4 is 35.1 Å². The first-order valence-corrected chi connectivity index (χ1v) is 7.42. The first-order chi connectivity index (χ1) is 11.4. The summed E-state index contributed by atoms with van der Waals surface area (Å²) in [7, 11) is 1.44. The van der Waals surface area contributed by atoms with Crippen LogP contribution in [0, 0.1) is 0 Å². The molecule has 2 rings (SSSR count). The minimum absolute atomic E-state index is 0.0161. The number of esters is 1. The third kappa shape index (κ3) is 4.53. The first-order valence-electron chi connectivity index (χ1n) is 6.67. The topological polar surface area (TPSA) is 87.9 Å². The highest BCUT2D eigenvalue weighted by Gasteiger charge is 2.15. The van der Waals surface area contributed by atoms with E-state index >= 15 is 0 Å². The minimum Gasteiger partial charge on any atom is -0.497 e. The van der Waals surface area contributed by atoms with Gasteiger partial charge in [-0.1, -0.05) is 23.2 Å². The van der Waals surface area contributed by atoms with Gasteiger partial charge in [-0.2, -0.15) is 0 Å². The second kappa shape index (κ2) is 7.90. The van der Waals surface area contributed by atoms with Gasteiger partial charge in [0.15, 0.2) is 6.61 Å². The molecule has 0 aliphatic heterocycles. The smallest absolute Gasteiger partial charge is 0.349 e. The van der Waals surface area contributed by atoms with E-state index in [1.807, 2.05) is 0 Å². The van der Waals surface area contributed by atoms with Crippen molar-refractivity contribution in [2.75, 3.05) is 13.7 Å². The maximum absolute atomic E-state index is 11.9. The number of carbonyl (C=O) groups is 2. The molecule has 0 saturated heterocycles. The van der Waals surface area contributed by atoms with E-state index in [4.69, 9.17) is 43.1 Å². The van der Waals surface area contributed by atoms with Crippen LogP contribution in [0.25, 0.3) is 0 Å². The van der Waals surface area contributed by atoms with Gasteiger partial charge in [-0.05, 0) is 30.3 Å². The molecule has 0 aliphatic carbocycles. The van der Waals surface area contributed by atoms with Crippen molar-refractivity contribution in [3.63, 3.8) is 0 Å². The molecule has 0 aromatic heterocycles. The Morgan fingerprint density at radius 1 is 1.08 bits per heavy atom. The average Bonchev–Trinajstić information content (AvgIpc) is 2.53. The summed E-state index contributed by atoms with van der Waals surface area (Å²) in [6.45, 7) is -0.420. The summed E-state index contributed by atoms with van der Waals surface area (Å²) in [6.07, 6.45) is 0. The SMILES string of the molecule is COc1ccc(C(N)=O)c(OC(=O)COc2ccc(Cl)cc2Cl)c1. The molecule has 1 amide bonds. The largest absolute Gasteiger partial charge is 0.497 e. The number of nitrogens with two attached hydrogens (primary N) is 1. The minimum atomic E-state index is -0.739. The fourth-order valence-corrected chi connectivity index (χ4v) is 2.26. The number of primary amides is 1. The monoisotopic (exact) mass is 369 g/mol. The van der Waals surface area contributed by atoms with Gasteiger partial charge in [0.1, 0.15) is 17.2 Å². The maximum atomic E-state index is 11.9. The maximum Gasteiger partial charge on any atom is 0.349 e. The van der Waals surface area contributed by atoms with Crippen LogP contribution in [0.1, 0.15) is 10.4 Å². The Morgan fingerprint density at radius 2 is 1.83 bits per heavy atom. The van der Waals surface area contributed by atoms with Gasteiger partial charge < -0.3 is 19.9 Å². The normalized spacial score (nSPS) is 10.1. The second-order valence-corrected chi connectivity index (χ2v) is 5.41. The molecule has 2 aromatic carbocycles. The number of methoxy groups -OCH3 is 1.